The minimum atomic E-state index is -0.402. The van der Waals surface area contributed by atoms with Crippen LogP contribution in [0, 0.1) is 0 Å². The van der Waals surface area contributed by atoms with E-state index in [0.717, 1.165) is 58.8 Å². The van der Waals surface area contributed by atoms with E-state index in [1.54, 1.807) is 12.4 Å². The number of hydrogen-bond acceptors (Lipinski definition) is 8. The first kappa shape index (κ1) is 19.9. The highest BCUT2D eigenvalue weighted by molar-refractivity contribution is 5.77. The predicted octanol–water partition coefficient (Wildman–Crippen LogP) is 2.88. The predicted molar refractivity (Wildman–Crippen MR) is 124 cm³/mol. The average molecular weight is 457 g/mol. The van der Waals surface area contributed by atoms with Crippen molar-refractivity contribution in [1.29, 1.82) is 0 Å². The summed E-state index contributed by atoms with van der Waals surface area (Å²) in [6, 6.07) is 12.4. The van der Waals surface area contributed by atoms with E-state index >= 15 is 0 Å². The highest BCUT2D eigenvalue weighted by atomic mass is 16.5. The molecule has 1 saturated carbocycles. The first-order valence-electron chi connectivity index (χ1n) is 11.7. The van der Waals surface area contributed by atoms with Gasteiger partial charge in [0.25, 0.3) is 0 Å². The van der Waals surface area contributed by atoms with Crippen LogP contribution in [0.3, 0.4) is 0 Å². The quantitative estimate of drug-likeness (QED) is 0.485. The molecule has 2 aliphatic heterocycles. The van der Waals surface area contributed by atoms with Gasteiger partial charge in [0.2, 0.25) is 5.95 Å². The molecule has 0 saturated heterocycles. The molecule has 0 bridgehead atoms. The molecule has 2 N–H and O–H groups in total. The zero-order valence-electron chi connectivity index (χ0n) is 18.5. The number of fused-ring (bicyclic) bond motifs is 6. The molecule has 4 aromatic rings. The van der Waals surface area contributed by atoms with E-state index in [4.69, 9.17) is 19.4 Å². The van der Waals surface area contributed by atoms with Gasteiger partial charge in [-0.2, -0.15) is 0 Å². The molecule has 3 aromatic heterocycles. The Kier molecular flexibility index (Phi) is 4.37. The third-order valence-corrected chi connectivity index (χ3v) is 7.13. The SMILES string of the molecule is OC1CC(Nc2ncc(-c3ccc4nc5n(c4n3)C3(CCOc4ccccc43)COC5)cn2)C1. The third-order valence-electron chi connectivity index (χ3n) is 7.13. The number of pyridine rings is 1. The van der Waals surface area contributed by atoms with Crippen LogP contribution in [-0.4, -0.2) is 55.0 Å². The molecule has 1 aliphatic carbocycles. The summed E-state index contributed by atoms with van der Waals surface area (Å²) in [5, 5.41) is 12.7. The maximum Gasteiger partial charge on any atom is 0.222 e. The number of hydrogen-bond donors (Lipinski definition) is 2. The lowest BCUT2D eigenvalue weighted by Gasteiger charge is -2.43. The lowest BCUT2D eigenvalue weighted by Crippen LogP contribution is -2.47. The van der Waals surface area contributed by atoms with Gasteiger partial charge in [-0.1, -0.05) is 18.2 Å². The van der Waals surface area contributed by atoms with Crippen LogP contribution in [0.2, 0.25) is 0 Å². The number of benzene rings is 1. The molecule has 1 unspecified atom stereocenters. The van der Waals surface area contributed by atoms with Crippen molar-refractivity contribution in [2.45, 2.75) is 43.6 Å². The molecule has 1 fully saturated rings. The Labute approximate surface area is 195 Å². The zero-order chi connectivity index (χ0) is 22.7. The number of aromatic nitrogens is 5. The van der Waals surface area contributed by atoms with Gasteiger partial charge in [-0.25, -0.2) is 19.9 Å². The maximum atomic E-state index is 9.48. The second-order valence-corrected chi connectivity index (χ2v) is 9.28. The number of imidazole rings is 1. The van der Waals surface area contributed by atoms with E-state index in [0.29, 0.717) is 25.8 Å². The largest absolute Gasteiger partial charge is 0.493 e. The minimum absolute atomic E-state index is 0.217. The summed E-state index contributed by atoms with van der Waals surface area (Å²) in [4.78, 5) is 18.8. The molecule has 172 valence electrons. The molecule has 7 rings (SSSR count). The fraction of sp³-hybridized carbons (Fsp3) is 0.360. The van der Waals surface area contributed by atoms with Crippen LogP contribution in [0.4, 0.5) is 5.95 Å². The lowest BCUT2D eigenvalue weighted by atomic mass is 9.84. The Balaban J connectivity index is 1.29. The van der Waals surface area contributed by atoms with Gasteiger partial charge in [-0.15, -0.1) is 0 Å². The summed E-state index contributed by atoms with van der Waals surface area (Å²) in [7, 11) is 0. The van der Waals surface area contributed by atoms with E-state index in [-0.39, 0.29) is 12.1 Å². The van der Waals surface area contributed by atoms with Crippen molar-refractivity contribution >= 4 is 17.1 Å². The van der Waals surface area contributed by atoms with Crippen molar-refractivity contribution < 1.29 is 14.6 Å². The van der Waals surface area contributed by atoms with Crippen molar-refractivity contribution in [2.24, 2.45) is 0 Å². The first-order valence-corrected chi connectivity index (χ1v) is 11.7. The van der Waals surface area contributed by atoms with Crippen LogP contribution >= 0.6 is 0 Å². The van der Waals surface area contributed by atoms with Gasteiger partial charge >= 0.3 is 0 Å². The average Bonchev–Trinajstić information content (AvgIpc) is 3.23. The molecule has 9 nitrogen and oxygen atoms in total. The van der Waals surface area contributed by atoms with Crippen LogP contribution in [0.1, 0.15) is 30.7 Å². The molecule has 5 heterocycles. The monoisotopic (exact) mass is 456 g/mol. The summed E-state index contributed by atoms with van der Waals surface area (Å²) in [5.74, 6) is 2.33. The van der Waals surface area contributed by atoms with Gasteiger partial charge in [0.1, 0.15) is 29.2 Å². The Bertz CT molecular complexity index is 1380. The number of aliphatic hydroxyl groups is 1. The van der Waals surface area contributed by atoms with Gasteiger partial charge in [-0.3, -0.25) is 4.57 Å². The third kappa shape index (κ3) is 3.00. The fourth-order valence-electron chi connectivity index (χ4n) is 5.33. The molecule has 3 aliphatic rings. The van der Waals surface area contributed by atoms with Crippen LogP contribution in [0.15, 0.2) is 48.8 Å². The summed E-state index contributed by atoms with van der Waals surface area (Å²) in [6.45, 7) is 1.62. The van der Waals surface area contributed by atoms with Crippen LogP contribution < -0.4 is 10.1 Å². The van der Waals surface area contributed by atoms with Crippen LogP contribution in [0.5, 0.6) is 5.75 Å². The highest BCUT2D eigenvalue weighted by Gasteiger charge is 2.45. The molecule has 34 heavy (non-hydrogen) atoms. The van der Waals surface area contributed by atoms with Crippen LogP contribution in [-0.2, 0) is 16.9 Å². The van der Waals surface area contributed by atoms with Crippen molar-refractivity contribution in [3.8, 4) is 17.0 Å². The summed E-state index contributed by atoms with van der Waals surface area (Å²) in [6.07, 6.45) is 5.60. The number of para-hydroxylation sites is 1. The van der Waals surface area contributed by atoms with E-state index in [1.165, 1.54) is 0 Å². The standard InChI is InChI=1S/C25H24N6O3/c32-17-9-16(10-17)28-24-26-11-15(12-27-24)19-5-6-20-23(30-19)31-22(29-20)13-33-14-25(31)7-8-34-21-4-2-1-3-18(21)25/h1-6,11-12,16-17,32H,7-10,13-14H2,(H,26,27,28). The topological polar surface area (TPSA) is 107 Å². The Hall–Kier alpha value is -3.56. The molecule has 1 atom stereocenters. The van der Waals surface area contributed by atoms with Gasteiger partial charge in [0, 0.05) is 36.0 Å². The van der Waals surface area contributed by atoms with Crippen molar-refractivity contribution in [2.75, 3.05) is 18.5 Å². The summed E-state index contributed by atoms with van der Waals surface area (Å²) < 4.78 is 14.3. The number of aliphatic hydroxyl groups excluding tert-OH is 1. The minimum Gasteiger partial charge on any atom is -0.493 e. The summed E-state index contributed by atoms with van der Waals surface area (Å²) >= 11 is 0. The number of anilines is 1. The molecular weight excluding hydrogens is 432 g/mol. The number of ether oxygens (including phenoxy) is 2. The smallest absolute Gasteiger partial charge is 0.222 e. The van der Waals surface area contributed by atoms with Gasteiger partial charge in [-0.05, 0) is 31.0 Å². The first-order chi connectivity index (χ1) is 16.7. The second kappa shape index (κ2) is 7.48. The van der Waals surface area contributed by atoms with Gasteiger partial charge in [0.05, 0.1) is 25.0 Å². The molecular formula is C25H24N6O3. The van der Waals surface area contributed by atoms with E-state index in [2.05, 4.69) is 25.9 Å². The fourth-order valence-corrected chi connectivity index (χ4v) is 5.33. The van der Waals surface area contributed by atoms with Gasteiger partial charge in [0.15, 0.2) is 5.65 Å². The molecule has 0 amide bonds. The Morgan fingerprint density at radius 1 is 1.06 bits per heavy atom. The maximum absolute atomic E-state index is 9.48. The number of nitrogens with zero attached hydrogens (tertiary/aromatic N) is 5. The normalized spacial score (nSPS) is 25.3. The molecule has 1 aromatic carbocycles. The highest BCUT2D eigenvalue weighted by Crippen LogP contribution is 2.44. The van der Waals surface area contributed by atoms with Crippen molar-refractivity contribution in [1.82, 2.24) is 24.5 Å². The molecule has 9 heteroatoms. The van der Waals surface area contributed by atoms with E-state index in [9.17, 15) is 5.11 Å². The zero-order valence-corrected chi connectivity index (χ0v) is 18.5. The van der Waals surface area contributed by atoms with Crippen molar-refractivity contribution in [3.63, 3.8) is 0 Å². The Morgan fingerprint density at radius 2 is 1.91 bits per heavy atom. The second-order valence-electron chi connectivity index (χ2n) is 9.28. The number of nitrogens with one attached hydrogen (secondary N) is 1. The molecule has 0 radical (unpaired) electrons. The number of rotatable bonds is 3. The van der Waals surface area contributed by atoms with Gasteiger partial charge < -0.3 is 19.9 Å². The van der Waals surface area contributed by atoms with Crippen molar-refractivity contribution in [3.05, 3.63) is 60.2 Å². The summed E-state index contributed by atoms with van der Waals surface area (Å²) in [5.41, 5.74) is 4.01. The van der Waals surface area contributed by atoms with E-state index < -0.39 is 5.54 Å². The van der Waals surface area contributed by atoms with E-state index in [1.807, 2.05) is 30.3 Å². The Morgan fingerprint density at radius 3 is 2.76 bits per heavy atom. The van der Waals surface area contributed by atoms with Crippen LogP contribution in [0.25, 0.3) is 22.4 Å². The lowest BCUT2D eigenvalue weighted by molar-refractivity contribution is 0.00399. The molecule has 1 spiro atoms.